The standard InChI is InChI=1S/C16H17ClN2O4/c17-12-3-1-2-4-13(12)19-9-11(7-14(19)20)15(21)18-6-5-10(8-18)16(22)23/h1-4,10-11H,5-9H2,(H,22,23)/t10-,11+/m0/s1. The first-order valence-corrected chi connectivity index (χ1v) is 7.91. The van der Waals surface area contributed by atoms with Gasteiger partial charge in [-0.2, -0.15) is 0 Å². The Bertz CT molecular complexity index is 663. The third-order valence-electron chi connectivity index (χ3n) is 4.47. The quantitative estimate of drug-likeness (QED) is 0.910. The fourth-order valence-electron chi connectivity index (χ4n) is 3.20. The van der Waals surface area contributed by atoms with Gasteiger partial charge in [-0.05, 0) is 18.6 Å². The molecule has 2 aliphatic rings. The van der Waals surface area contributed by atoms with Crippen LogP contribution in [-0.4, -0.2) is 47.4 Å². The largest absolute Gasteiger partial charge is 0.481 e. The lowest BCUT2D eigenvalue weighted by molar-refractivity contribution is -0.141. The van der Waals surface area contributed by atoms with Crippen LogP contribution in [0.25, 0.3) is 0 Å². The van der Waals surface area contributed by atoms with Gasteiger partial charge >= 0.3 is 5.97 Å². The molecule has 7 heteroatoms. The van der Waals surface area contributed by atoms with Crippen LogP contribution in [0.4, 0.5) is 5.69 Å². The molecule has 2 heterocycles. The van der Waals surface area contributed by atoms with Crippen molar-refractivity contribution in [3.05, 3.63) is 29.3 Å². The lowest BCUT2D eigenvalue weighted by Crippen LogP contribution is -2.36. The molecule has 6 nitrogen and oxygen atoms in total. The minimum absolute atomic E-state index is 0.134. The first kappa shape index (κ1) is 15.8. The Balaban J connectivity index is 1.69. The number of halogens is 1. The van der Waals surface area contributed by atoms with Crippen molar-refractivity contribution in [2.24, 2.45) is 11.8 Å². The maximum absolute atomic E-state index is 12.5. The van der Waals surface area contributed by atoms with E-state index in [0.29, 0.717) is 23.7 Å². The Morgan fingerprint density at radius 3 is 2.57 bits per heavy atom. The van der Waals surface area contributed by atoms with Gasteiger partial charge in [-0.1, -0.05) is 23.7 Å². The number of carbonyl (C=O) groups is 3. The number of carboxylic acids is 1. The average molecular weight is 337 g/mol. The van der Waals surface area contributed by atoms with Crippen LogP contribution in [0.5, 0.6) is 0 Å². The number of rotatable bonds is 3. The molecule has 1 aromatic carbocycles. The van der Waals surface area contributed by atoms with E-state index in [4.69, 9.17) is 16.7 Å². The van der Waals surface area contributed by atoms with Gasteiger partial charge in [0, 0.05) is 26.1 Å². The van der Waals surface area contributed by atoms with Crippen LogP contribution < -0.4 is 4.90 Å². The van der Waals surface area contributed by atoms with Crippen molar-refractivity contribution in [2.75, 3.05) is 24.5 Å². The highest BCUT2D eigenvalue weighted by Gasteiger charge is 2.40. The van der Waals surface area contributed by atoms with Gasteiger partial charge in [-0.15, -0.1) is 0 Å². The lowest BCUT2D eigenvalue weighted by atomic mass is 10.1. The number of carbonyl (C=O) groups excluding carboxylic acids is 2. The van der Waals surface area contributed by atoms with Gasteiger partial charge in [0.05, 0.1) is 22.5 Å². The number of anilines is 1. The lowest BCUT2D eigenvalue weighted by Gasteiger charge is -2.21. The second-order valence-electron chi connectivity index (χ2n) is 5.96. The SMILES string of the molecule is O=C(O)[C@H]1CCN(C(=O)[C@@H]2CC(=O)N(c3ccccc3Cl)C2)C1. The van der Waals surface area contributed by atoms with Gasteiger partial charge in [0.25, 0.3) is 0 Å². The second kappa shape index (κ2) is 6.20. The van der Waals surface area contributed by atoms with E-state index in [1.807, 2.05) is 0 Å². The molecule has 0 unspecified atom stereocenters. The number of hydrogen-bond acceptors (Lipinski definition) is 3. The zero-order chi connectivity index (χ0) is 16.6. The molecule has 3 rings (SSSR count). The highest BCUT2D eigenvalue weighted by atomic mass is 35.5. The molecule has 2 fully saturated rings. The molecule has 0 spiro atoms. The molecule has 1 N–H and O–H groups in total. The molecule has 122 valence electrons. The molecule has 0 aliphatic carbocycles. The summed E-state index contributed by atoms with van der Waals surface area (Å²) >= 11 is 6.12. The summed E-state index contributed by atoms with van der Waals surface area (Å²) < 4.78 is 0. The van der Waals surface area contributed by atoms with E-state index >= 15 is 0 Å². The first-order chi connectivity index (χ1) is 11.0. The number of hydrogen-bond donors (Lipinski definition) is 1. The smallest absolute Gasteiger partial charge is 0.308 e. The molecule has 0 radical (unpaired) electrons. The molecule has 2 aliphatic heterocycles. The second-order valence-corrected chi connectivity index (χ2v) is 6.37. The van der Waals surface area contributed by atoms with Crippen LogP contribution in [0.15, 0.2) is 24.3 Å². The van der Waals surface area contributed by atoms with Gasteiger partial charge in [0.2, 0.25) is 11.8 Å². The van der Waals surface area contributed by atoms with Crippen LogP contribution in [0.2, 0.25) is 5.02 Å². The predicted molar refractivity (Wildman–Crippen MR) is 84.2 cm³/mol. The molecular formula is C16H17ClN2O4. The summed E-state index contributed by atoms with van der Waals surface area (Å²) in [5, 5.41) is 9.50. The molecule has 2 atom stereocenters. The summed E-state index contributed by atoms with van der Waals surface area (Å²) in [7, 11) is 0. The number of amides is 2. The van der Waals surface area contributed by atoms with Crippen LogP contribution in [0.1, 0.15) is 12.8 Å². The Morgan fingerprint density at radius 2 is 1.91 bits per heavy atom. The molecule has 2 amide bonds. The zero-order valence-corrected chi connectivity index (χ0v) is 13.2. The topological polar surface area (TPSA) is 77.9 Å². The van der Waals surface area contributed by atoms with Gasteiger partial charge in [0.1, 0.15) is 0 Å². The number of aliphatic carboxylic acids is 1. The number of nitrogens with zero attached hydrogens (tertiary/aromatic N) is 2. The Morgan fingerprint density at radius 1 is 1.17 bits per heavy atom. The van der Waals surface area contributed by atoms with E-state index in [1.165, 1.54) is 4.90 Å². The van der Waals surface area contributed by atoms with E-state index in [1.54, 1.807) is 29.2 Å². The van der Waals surface area contributed by atoms with Crippen molar-refractivity contribution < 1.29 is 19.5 Å². The average Bonchev–Trinajstić information content (AvgIpc) is 3.14. The molecule has 0 aromatic heterocycles. The van der Waals surface area contributed by atoms with Crippen molar-refractivity contribution in [1.82, 2.24) is 4.90 Å². The Kier molecular flexibility index (Phi) is 4.26. The predicted octanol–water partition coefficient (Wildman–Crippen LogP) is 1.63. The van der Waals surface area contributed by atoms with Gasteiger partial charge in [0.15, 0.2) is 0 Å². The van der Waals surface area contributed by atoms with Crippen molar-refractivity contribution in [3.63, 3.8) is 0 Å². The molecule has 0 bridgehead atoms. The van der Waals surface area contributed by atoms with Gasteiger partial charge in [-0.3, -0.25) is 14.4 Å². The number of carboxylic acid groups (broad SMARTS) is 1. The summed E-state index contributed by atoms with van der Waals surface area (Å²) in [6.07, 6.45) is 0.605. The fraction of sp³-hybridized carbons (Fsp3) is 0.438. The summed E-state index contributed by atoms with van der Waals surface area (Å²) in [5.74, 6) is -2.09. The number of likely N-dealkylation sites (tertiary alicyclic amines) is 1. The fourth-order valence-corrected chi connectivity index (χ4v) is 3.43. The maximum Gasteiger partial charge on any atom is 0.308 e. The molecule has 1 aromatic rings. The molecule has 0 saturated carbocycles. The third-order valence-corrected chi connectivity index (χ3v) is 4.79. The molecular weight excluding hydrogens is 320 g/mol. The van der Waals surface area contributed by atoms with Crippen molar-refractivity contribution in [2.45, 2.75) is 12.8 Å². The molecule has 2 saturated heterocycles. The van der Waals surface area contributed by atoms with E-state index in [2.05, 4.69) is 0 Å². The van der Waals surface area contributed by atoms with Crippen LogP contribution in [0.3, 0.4) is 0 Å². The Hall–Kier alpha value is -2.08. The van der Waals surface area contributed by atoms with Gasteiger partial charge in [-0.25, -0.2) is 0 Å². The minimum atomic E-state index is -0.875. The summed E-state index contributed by atoms with van der Waals surface area (Å²) in [6, 6.07) is 7.04. The summed E-state index contributed by atoms with van der Waals surface area (Å²) in [5.41, 5.74) is 0.610. The van der Waals surface area contributed by atoms with Gasteiger partial charge < -0.3 is 14.9 Å². The van der Waals surface area contributed by atoms with Crippen molar-refractivity contribution >= 4 is 35.1 Å². The van der Waals surface area contributed by atoms with Crippen LogP contribution in [0, 0.1) is 11.8 Å². The summed E-state index contributed by atoms with van der Waals surface area (Å²) in [6.45, 7) is 0.952. The maximum atomic E-state index is 12.5. The van der Waals surface area contributed by atoms with Crippen molar-refractivity contribution in [3.8, 4) is 0 Å². The molecule has 23 heavy (non-hydrogen) atoms. The monoisotopic (exact) mass is 336 g/mol. The van der Waals surface area contributed by atoms with E-state index in [0.717, 1.165) is 0 Å². The van der Waals surface area contributed by atoms with E-state index < -0.39 is 17.8 Å². The number of para-hydroxylation sites is 1. The Labute approximate surface area is 138 Å². The highest BCUT2D eigenvalue weighted by Crippen LogP contribution is 2.32. The minimum Gasteiger partial charge on any atom is -0.481 e. The van der Waals surface area contributed by atoms with Crippen molar-refractivity contribution in [1.29, 1.82) is 0 Å². The normalized spacial score (nSPS) is 24.3. The van der Waals surface area contributed by atoms with Crippen LogP contribution >= 0.6 is 11.6 Å². The highest BCUT2D eigenvalue weighted by molar-refractivity contribution is 6.33. The van der Waals surface area contributed by atoms with Crippen LogP contribution in [-0.2, 0) is 14.4 Å². The number of benzene rings is 1. The van der Waals surface area contributed by atoms with E-state index in [-0.39, 0.29) is 31.3 Å². The zero-order valence-electron chi connectivity index (χ0n) is 12.4. The first-order valence-electron chi connectivity index (χ1n) is 7.54. The van der Waals surface area contributed by atoms with E-state index in [9.17, 15) is 14.4 Å². The third kappa shape index (κ3) is 3.03. The summed E-state index contributed by atoms with van der Waals surface area (Å²) in [4.78, 5) is 38.9.